The largest absolute Gasteiger partial charge is 0.460 e. The van der Waals surface area contributed by atoms with Crippen molar-refractivity contribution in [2.24, 2.45) is 4.52 Å². The molecular formula is C8F17N3O2S. The van der Waals surface area contributed by atoms with E-state index < -0.39 is 57.0 Å². The van der Waals surface area contributed by atoms with Crippen molar-refractivity contribution < 1.29 is 83.1 Å². The van der Waals surface area contributed by atoms with E-state index in [2.05, 4.69) is 0 Å². The van der Waals surface area contributed by atoms with Crippen LogP contribution in [0, 0.1) is 0 Å². The molecule has 0 amide bonds. The Morgan fingerprint density at radius 1 is 0.516 bits per heavy atom. The van der Waals surface area contributed by atoms with Gasteiger partial charge in [0.1, 0.15) is 0 Å². The standard InChI is InChI=1S/C8F17N3O2S/c9-1(10,3(13,14)5(17,18)7(21,22)23)2(11,12)4(15,16)6(19,20)8(24,25)31(29,30)28-27-26. The average molecular weight is 525 g/mol. The molecule has 0 aromatic rings. The molecule has 0 saturated heterocycles. The van der Waals surface area contributed by atoms with Crippen molar-refractivity contribution in [1.29, 1.82) is 0 Å². The lowest BCUT2D eigenvalue weighted by molar-refractivity contribution is -0.458. The lowest BCUT2D eigenvalue weighted by Crippen LogP contribution is -2.74. The SMILES string of the molecule is [N-]=[N+]=NS(=O)(=O)C(F)(F)C(F)(F)C(F)(F)C(F)(F)C(F)(F)C(F)(F)C(F)(F)C(F)(F)F. The Labute approximate surface area is 156 Å². The molecule has 0 N–H and O–H groups in total. The first-order chi connectivity index (χ1) is 13.1. The average Bonchev–Trinajstić information content (AvgIpc) is 2.52. The minimum Gasteiger partial charge on any atom is -0.214 e. The second kappa shape index (κ2) is 7.04. The van der Waals surface area contributed by atoms with E-state index in [1.165, 1.54) is 0 Å². The van der Waals surface area contributed by atoms with Gasteiger partial charge in [0.2, 0.25) is 0 Å². The van der Waals surface area contributed by atoms with Crippen LogP contribution in [0.2, 0.25) is 0 Å². The predicted octanol–water partition coefficient (Wildman–Crippen LogP) is 5.59. The monoisotopic (exact) mass is 525 g/mol. The Balaban J connectivity index is 7.02. The van der Waals surface area contributed by atoms with Gasteiger partial charge in [-0.2, -0.15) is 74.6 Å². The van der Waals surface area contributed by atoms with Crippen LogP contribution in [0.5, 0.6) is 0 Å². The van der Waals surface area contributed by atoms with Crippen molar-refractivity contribution >= 4 is 10.0 Å². The second-order valence-electron chi connectivity index (χ2n) is 5.11. The van der Waals surface area contributed by atoms with Crippen LogP contribution in [0.1, 0.15) is 0 Å². The minimum atomic E-state index is -8.92. The Hall–Kier alpha value is -1.93. The third-order valence-electron chi connectivity index (χ3n) is 3.16. The fraction of sp³-hybridized carbons (Fsp3) is 1.00. The molecule has 0 spiro atoms. The normalized spacial score (nSPS) is 16.2. The summed E-state index contributed by atoms with van der Waals surface area (Å²) >= 11 is 0. The summed E-state index contributed by atoms with van der Waals surface area (Å²) in [5.74, 6) is -52.1. The minimum absolute atomic E-state index is 0.813. The van der Waals surface area contributed by atoms with Gasteiger partial charge in [0.05, 0.1) is 0 Å². The van der Waals surface area contributed by atoms with Crippen molar-refractivity contribution in [2.45, 2.75) is 47.0 Å². The van der Waals surface area contributed by atoms with Crippen LogP contribution in [0.3, 0.4) is 0 Å². The van der Waals surface area contributed by atoms with Crippen LogP contribution >= 0.6 is 0 Å². The Bertz CT molecular complexity index is 853. The molecule has 31 heavy (non-hydrogen) atoms. The number of hydrogen-bond acceptors (Lipinski definition) is 2. The summed E-state index contributed by atoms with van der Waals surface area (Å²) in [6, 6.07) is 0. The van der Waals surface area contributed by atoms with Crippen LogP contribution < -0.4 is 0 Å². The molecule has 0 aliphatic carbocycles. The molecule has 0 radical (unpaired) electrons. The van der Waals surface area contributed by atoms with E-state index in [4.69, 9.17) is 5.53 Å². The van der Waals surface area contributed by atoms with E-state index in [0.29, 0.717) is 0 Å². The van der Waals surface area contributed by atoms with E-state index in [0.717, 1.165) is 9.43 Å². The van der Waals surface area contributed by atoms with E-state index in [-0.39, 0.29) is 0 Å². The number of rotatable bonds is 8. The molecule has 0 rings (SSSR count). The maximum Gasteiger partial charge on any atom is 0.460 e. The van der Waals surface area contributed by atoms with Crippen LogP contribution in [0.4, 0.5) is 74.6 Å². The Morgan fingerprint density at radius 3 is 1.03 bits per heavy atom. The highest BCUT2D eigenvalue weighted by Crippen LogP contribution is 2.64. The zero-order valence-electron chi connectivity index (χ0n) is 13.0. The van der Waals surface area contributed by atoms with Gasteiger partial charge < -0.3 is 0 Å². The van der Waals surface area contributed by atoms with Gasteiger partial charge >= 0.3 is 57.0 Å². The first-order valence-electron chi connectivity index (χ1n) is 6.08. The summed E-state index contributed by atoms with van der Waals surface area (Å²) in [7, 11) is -7.69. The molecule has 184 valence electrons. The first kappa shape index (κ1) is 29.1. The van der Waals surface area contributed by atoms with E-state index in [1.807, 2.05) is 0 Å². The molecule has 0 aromatic carbocycles. The fourth-order valence-electron chi connectivity index (χ4n) is 1.41. The third kappa shape index (κ3) is 3.48. The fourth-order valence-corrected chi connectivity index (χ4v) is 2.06. The summed E-state index contributed by atoms with van der Waals surface area (Å²) in [6.07, 6.45) is -7.90. The number of alkyl halides is 17. The van der Waals surface area contributed by atoms with E-state index >= 15 is 0 Å². The summed E-state index contributed by atoms with van der Waals surface area (Å²) in [4.78, 5) is 0.878. The number of sulfonamides is 1. The van der Waals surface area contributed by atoms with Gasteiger partial charge in [-0.1, -0.05) is 0 Å². The number of hydrogen-bond donors (Lipinski definition) is 0. The molecule has 0 aliphatic rings. The van der Waals surface area contributed by atoms with Gasteiger partial charge in [-0.15, -0.1) is 0 Å². The maximum atomic E-state index is 13.2. The maximum absolute atomic E-state index is 13.2. The zero-order valence-corrected chi connectivity index (χ0v) is 13.8. The Kier molecular flexibility index (Phi) is 6.60. The number of halogens is 17. The molecule has 0 heterocycles. The van der Waals surface area contributed by atoms with Gasteiger partial charge in [0, 0.05) is 9.43 Å². The molecular weight excluding hydrogens is 525 g/mol. The highest BCUT2D eigenvalue weighted by atomic mass is 32.2. The van der Waals surface area contributed by atoms with Gasteiger partial charge in [-0.3, -0.25) is 0 Å². The molecule has 0 unspecified atom stereocenters. The van der Waals surface area contributed by atoms with Crippen molar-refractivity contribution in [1.82, 2.24) is 0 Å². The summed E-state index contributed by atoms with van der Waals surface area (Å²) in [5, 5.41) is -7.81. The molecule has 0 fully saturated rings. The topological polar surface area (TPSA) is 82.9 Å². The third-order valence-corrected chi connectivity index (χ3v) is 4.35. The van der Waals surface area contributed by atoms with Crippen molar-refractivity contribution in [3.8, 4) is 0 Å². The molecule has 0 saturated carbocycles. The van der Waals surface area contributed by atoms with Gasteiger partial charge in [0.25, 0.3) is 0 Å². The second-order valence-corrected chi connectivity index (χ2v) is 6.73. The molecule has 5 nitrogen and oxygen atoms in total. The summed E-state index contributed by atoms with van der Waals surface area (Å²) < 4.78 is 240. The van der Waals surface area contributed by atoms with E-state index in [1.54, 1.807) is 0 Å². The van der Waals surface area contributed by atoms with Crippen molar-refractivity contribution in [2.75, 3.05) is 0 Å². The smallest absolute Gasteiger partial charge is 0.214 e. The van der Waals surface area contributed by atoms with Crippen LogP contribution in [0.25, 0.3) is 10.4 Å². The van der Waals surface area contributed by atoms with Crippen LogP contribution in [-0.2, 0) is 10.0 Å². The Morgan fingerprint density at radius 2 is 0.774 bits per heavy atom. The number of nitrogens with zero attached hydrogens (tertiary/aromatic N) is 3. The van der Waals surface area contributed by atoms with E-state index in [9.17, 15) is 83.1 Å². The summed E-state index contributed by atoms with van der Waals surface area (Å²) in [5.41, 5.74) is 7.55. The van der Waals surface area contributed by atoms with Gasteiger partial charge in [-0.25, -0.2) is 8.42 Å². The predicted molar refractivity (Wildman–Crippen MR) is 58.7 cm³/mol. The lowest BCUT2D eigenvalue weighted by Gasteiger charge is -2.42. The summed E-state index contributed by atoms with van der Waals surface area (Å²) in [6.45, 7) is 0. The van der Waals surface area contributed by atoms with Crippen molar-refractivity contribution in [3.05, 3.63) is 10.4 Å². The first-order valence-corrected chi connectivity index (χ1v) is 7.52. The highest BCUT2D eigenvalue weighted by Gasteiger charge is 2.96. The molecule has 0 aliphatic heterocycles. The molecule has 0 aromatic heterocycles. The molecule has 23 heteroatoms. The molecule has 0 bridgehead atoms. The van der Waals surface area contributed by atoms with Crippen molar-refractivity contribution in [3.63, 3.8) is 0 Å². The quantitative estimate of drug-likeness (QED) is 0.179. The highest BCUT2D eigenvalue weighted by molar-refractivity contribution is 7.91. The van der Waals surface area contributed by atoms with Crippen LogP contribution in [-0.4, -0.2) is 55.4 Å². The van der Waals surface area contributed by atoms with Crippen LogP contribution in [0.15, 0.2) is 4.52 Å². The van der Waals surface area contributed by atoms with Gasteiger partial charge in [0.15, 0.2) is 0 Å². The van der Waals surface area contributed by atoms with Gasteiger partial charge in [-0.05, 0) is 5.53 Å². The zero-order chi connectivity index (χ0) is 25.9. The molecule has 0 atom stereocenters. The lowest BCUT2D eigenvalue weighted by atomic mass is 9.91. The number of azide groups is 1.